The lowest BCUT2D eigenvalue weighted by Crippen LogP contribution is -2.45. The molecular formula is C11H15N3OS. The third-order valence-electron chi connectivity index (χ3n) is 2.65. The first-order chi connectivity index (χ1) is 7.77. The van der Waals surface area contributed by atoms with Crippen molar-refractivity contribution in [2.45, 2.75) is 19.3 Å². The third kappa shape index (κ3) is 2.61. The van der Waals surface area contributed by atoms with E-state index in [1.54, 1.807) is 6.07 Å². The molecule has 0 radical (unpaired) electrons. The SMILES string of the molecule is N=C(NC(=O)c1cccs1)N1CCCCC1. The van der Waals surface area contributed by atoms with Crippen LogP contribution in [0.1, 0.15) is 28.9 Å². The molecule has 2 N–H and O–H groups in total. The summed E-state index contributed by atoms with van der Waals surface area (Å²) in [5.41, 5.74) is 0. The fraction of sp³-hybridized carbons (Fsp3) is 0.455. The highest BCUT2D eigenvalue weighted by atomic mass is 32.1. The van der Waals surface area contributed by atoms with Crippen LogP contribution in [0.3, 0.4) is 0 Å². The van der Waals surface area contributed by atoms with Gasteiger partial charge in [0.15, 0.2) is 5.96 Å². The van der Waals surface area contributed by atoms with Crippen LogP contribution in [-0.2, 0) is 0 Å². The highest BCUT2D eigenvalue weighted by molar-refractivity contribution is 7.12. The first-order valence-electron chi connectivity index (χ1n) is 5.46. The molecule has 0 atom stereocenters. The lowest BCUT2D eigenvalue weighted by molar-refractivity contribution is 0.0975. The molecule has 1 aromatic rings. The molecule has 0 aromatic carbocycles. The number of nitrogens with one attached hydrogen (secondary N) is 2. The van der Waals surface area contributed by atoms with Crippen molar-refractivity contribution in [1.29, 1.82) is 5.41 Å². The van der Waals surface area contributed by atoms with E-state index < -0.39 is 0 Å². The number of nitrogens with zero attached hydrogens (tertiary/aromatic N) is 1. The summed E-state index contributed by atoms with van der Waals surface area (Å²) >= 11 is 1.39. The summed E-state index contributed by atoms with van der Waals surface area (Å²) in [6, 6.07) is 3.60. The quantitative estimate of drug-likeness (QED) is 0.579. The van der Waals surface area contributed by atoms with Crippen molar-refractivity contribution in [2.75, 3.05) is 13.1 Å². The number of rotatable bonds is 1. The Bertz CT molecular complexity index is 369. The molecule has 1 aromatic heterocycles. The fourth-order valence-electron chi connectivity index (χ4n) is 1.77. The number of hydrogen-bond donors (Lipinski definition) is 2. The minimum atomic E-state index is -0.175. The van der Waals surface area contributed by atoms with Gasteiger partial charge in [-0.25, -0.2) is 0 Å². The Morgan fingerprint density at radius 1 is 1.38 bits per heavy atom. The van der Waals surface area contributed by atoms with Crippen molar-refractivity contribution in [2.24, 2.45) is 0 Å². The molecule has 1 saturated heterocycles. The first kappa shape index (κ1) is 11.1. The molecule has 1 fully saturated rings. The Labute approximate surface area is 98.8 Å². The number of hydrogen-bond acceptors (Lipinski definition) is 3. The summed E-state index contributed by atoms with van der Waals surface area (Å²) in [5.74, 6) is 0.0590. The monoisotopic (exact) mass is 237 g/mol. The molecule has 2 rings (SSSR count). The Balaban J connectivity index is 1.89. The minimum Gasteiger partial charge on any atom is -0.343 e. The van der Waals surface area contributed by atoms with Gasteiger partial charge >= 0.3 is 0 Å². The summed E-state index contributed by atoms with van der Waals surface area (Å²) in [5, 5.41) is 12.3. The second kappa shape index (κ2) is 5.12. The standard InChI is InChI=1S/C11H15N3OS/c12-11(14-6-2-1-3-7-14)13-10(15)9-5-4-8-16-9/h4-5,8H,1-3,6-7H2,(H2,12,13,15). The van der Waals surface area contributed by atoms with Gasteiger partial charge < -0.3 is 4.90 Å². The Morgan fingerprint density at radius 2 is 2.12 bits per heavy atom. The summed E-state index contributed by atoms with van der Waals surface area (Å²) in [6.07, 6.45) is 3.44. The van der Waals surface area contributed by atoms with Crippen LogP contribution in [0.15, 0.2) is 17.5 Å². The molecule has 0 aliphatic carbocycles. The number of likely N-dealkylation sites (tertiary alicyclic amines) is 1. The summed E-state index contributed by atoms with van der Waals surface area (Å²) in [6.45, 7) is 1.76. The van der Waals surface area contributed by atoms with E-state index in [1.165, 1.54) is 17.8 Å². The smallest absolute Gasteiger partial charge is 0.268 e. The van der Waals surface area contributed by atoms with E-state index >= 15 is 0 Å². The first-order valence-corrected chi connectivity index (χ1v) is 6.34. The average molecular weight is 237 g/mol. The zero-order chi connectivity index (χ0) is 11.4. The molecule has 86 valence electrons. The number of carbonyl (C=O) groups excluding carboxylic acids is 1. The van der Waals surface area contributed by atoms with Crippen molar-refractivity contribution in [3.8, 4) is 0 Å². The van der Waals surface area contributed by atoms with E-state index in [1.807, 2.05) is 16.3 Å². The highest BCUT2D eigenvalue weighted by Gasteiger charge is 2.16. The number of carbonyl (C=O) groups is 1. The van der Waals surface area contributed by atoms with Crippen molar-refractivity contribution in [3.63, 3.8) is 0 Å². The second-order valence-corrected chi connectivity index (χ2v) is 4.78. The number of piperidine rings is 1. The highest BCUT2D eigenvalue weighted by Crippen LogP contribution is 2.10. The van der Waals surface area contributed by atoms with Crippen molar-refractivity contribution >= 4 is 23.2 Å². The van der Waals surface area contributed by atoms with Crippen LogP contribution in [0, 0.1) is 5.41 Å². The third-order valence-corrected chi connectivity index (χ3v) is 3.52. The molecule has 4 nitrogen and oxygen atoms in total. The lowest BCUT2D eigenvalue weighted by atomic mass is 10.1. The van der Waals surface area contributed by atoms with E-state index in [0.717, 1.165) is 25.9 Å². The number of guanidine groups is 1. The van der Waals surface area contributed by atoms with Crippen LogP contribution in [0.4, 0.5) is 0 Å². The molecule has 0 saturated carbocycles. The summed E-state index contributed by atoms with van der Waals surface area (Å²) in [4.78, 5) is 14.3. The fourth-order valence-corrected chi connectivity index (χ4v) is 2.39. The largest absolute Gasteiger partial charge is 0.343 e. The average Bonchev–Trinajstić information content (AvgIpc) is 2.83. The molecule has 1 amide bonds. The molecular weight excluding hydrogens is 222 g/mol. The van der Waals surface area contributed by atoms with Crippen molar-refractivity contribution in [1.82, 2.24) is 10.2 Å². The van der Waals surface area contributed by atoms with Gasteiger partial charge in [-0.3, -0.25) is 15.5 Å². The van der Waals surface area contributed by atoms with Gasteiger partial charge in [-0.15, -0.1) is 11.3 Å². The molecule has 5 heteroatoms. The van der Waals surface area contributed by atoms with Crippen LogP contribution >= 0.6 is 11.3 Å². The van der Waals surface area contributed by atoms with Crippen LogP contribution < -0.4 is 5.32 Å². The van der Waals surface area contributed by atoms with E-state index in [0.29, 0.717) is 4.88 Å². The lowest BCUT2D eigenvalue weighted by Gasteiger charge is -2.28. The van der Waals surface area contributed by atoms with Gasteiger partial charge in [0.05, 0.1) is 4.88 Å². The Hall–Kier alpha value is -1.36. The number of amides is 1. The maximum absolute atomic E-state index is 11.7. The maximum atomic E-state index is 11.7. The van der Waals surface area contributed by atoms with Crippen molar-refractivity contribution in [3.05, 3.63) is 22.4 Å². The van der Waals surface area contributed by atoms with Crippen molar-refractivity contribution < 1.29 is 4.79 Å². The summed E-state index contributed by atoms with van der Waals surface area (Å²) in [7, 11) is 0. The second-order valence-electron chi connectivity index (χ2n) is 3.83. The van der Waals surface area contributed by atoms with Crippen LogP contribution in [0.2, 0.25) is 0 Å². The molecule has 16 heavy (non-hydrogen) atoms. The van der Waals surface area contributed by atoms with Gasteiger partial charge in [-0.2, -0.15) is 0 Å². The molecule has 0 bridgehead atoms. The van der Waals surface area contributed by atoms with Gasteiger partial charge in [0, 0.05) is 13.1 Å². The van der Waals surface area contributed by atoms with E-state index in [-0.39, 0.29) is 11.9 Å². The van der Waals surface area contributed by atoms with Gasteiger partial charge in [0.2, 0.25) is 0 Å². The van der Waals surface area contributed by atoms with E-state index in [4.69, 9.17) is 5.41 Å². The van der Waals surface area contributed by atoms with Gasteiger partial charge in [0.25, 0.3) is 5.91 Å². The zero-order valence-corrected chi connectivity index (χ0v) is 9.85. The van der Waals surface area contributed by atoms with Gasteiger partial charge in [-0.05, 0) is 30.7 Å². The molecule has 1 aliphatic rings. The zero-order valence-electron chi connectivity index (χ0n) is 9.03. The Kier molecular flexibility index (Phi) is 3.56. The predicted octanol–water partition coefficient (Wildman–Crippen LogP) is 1.90. The molecule has 0 spiro atoms. The van der Waals surface area contributed by atoms with Gasteiger partial charge in [-0.1, -0.05) is 6.07 Å². The van der Waals surface area contributed by atoms with E-state index in [9.17, 15) is 4.79 Å². The Morgan fingerprint density at radius 3 is 2.75 bits per heavy atom. The van der Waals surface area contributed by atoms with Crippen LogP contribution in [-0.4, -0.2) is 29.9 Å². The topological polar surface area (TPSA) is 56.2 Å². The van der Waals surface area contributed by atoms with Gasteiger partial charge in [0.1, 0.15) is 0 Å². The maximum Gasteiger partial charge on any atom is 0.268 e. The molecule has 2 heterocycles. The van der Waals surface area contributed by atoms with Crippen LogP contribution in [0.5, 0.6) is 0 Å². The molecule has 0 unspecified atom stereocenters. The normalized spacial score (nSPS) is 15.9. The number of thiophene rings is 1. The van der Waals surface area contributed by atoms with Crippen LogP contribution in [0.25, 0.3) is 0 Å². The molecule has 1 aliphatic heterocycles. The summed E-state index contributed by atoms with van der Waals surface area (Å²) < 4.78 is 0. The minimum absolute atomic E-state index is 0.175. The van der Waals surface area contributed by atoms with E-state index in [2.05, 4.69) is 5.32 Å². The predicted molar refractivity (Wildman–Crippen MR) is 64.9 cm³/mol.